The summed E-state index contributed by atoms with van der Waals surface area (Å²) in [6.45, 7) is 1.97. The average Bonchev–Trinajstić information content (AvgIpc) is 3.03. The Morgan fingerprint density at radius 1 is 1.17 bits per heavy atom. The Morgan fingerprint density at radius 2 is 2.04 bits per heavy atom. The number of carbonyl (C=O) groups is 1. The Balaban J connectivity index is 1.84. The van der Waals surface area contributed by atoms with Crippen molar-refractivity contribution in [2.45, 2.75) is 6.92 Å². The Kier molecular flexibility index (Phi) is 3.39. The van der Waals surface area contributed by atoms with Crippen molar-refractivity contribution in [1.82, 2.24) is 4.98 Å². The maximum atomic E-state index is 12.4. The fourth-order valence-electron chi connectivity index (χ4n) is 2.53. The van der Waals surface area contributed by atoms with E-state index in [1.807, 2.05) is 19.1 Å². The number of anilines is 1. The Labute approximate surface area is 140 Å². The van der Waals surface area contributed by atoms with Gasteiger partial charge in [-0.25, -0.2) is 9.78 Å². The van der Waals surface area contributed by atoms with Gasteiger partial charge in [0.1, 0.15) is 11.4 Å². The molecule has 1 N–H and O–H groups in total. The third kappa shape index (κ3) is 2.47. The smallest absolute Gasteiger partial charge is 0.345 e. The van der Waals surface area contributed by atoms with Crippen LogP contribution in [-0.4, -0.2) is 10.9 Å². The largest absolute Gasteiger partial charge is 0.422 e. The summed E-state index contributed by atoms with van der Waals surface area (Å²) < 4.78 is 6.11. The molecule has 0 aliphatic carbocycles. The topological polar surface area (TPSA) is 72.2 Å². The third-order valence-corrected chi connectivity index (χ3v) is 4.83. The van der Waals surface area contributed by atoms with Crippen molar-refractivity contribution in [3.8, 4) is 0 Å². The molecule has 118 valence electrons. The minimum Gasteiger partial charge on any atom is -0.422 e. The van der Waals surface area contributed by atoms with Gasteiger partial charge in [0.25, 0.3) is 5.91 Å². The van der Waals surface area contributed by atoms with Crippen molar-refractivity contribution in [3.05, 3.63) is 69.5 Å². The molecule has 0 aliphatic heterocycles. The fourth-order valence-corrected chi connectivity index (χ4v) is 3.60. The Bertz CT molecular complexity index is 1130. The zero-order chi connectivity index (χ0) is 16.7. The van der Waals surface area contributed by atoms with Crippen LogP contribution in [-0.2, 0) is 0 Å². The molecule has 0 saturated carbocycles. The molecule has 6 heteroatoms. The predicted molar refractivity (Wildman–Crippen MR) is 94.8 cm³/mol. The van der Waals surface area contributed by atoms with Gasteiger partial charge in [0.05, 0.1) is 15.0 Å². The molecule has 4 aromatic rings. The highest BCUT2D eigenvalue weighted by atomic mass is 32.1. The quantitative estimate of drug-likeness (QED) is 0.562. The molecular weight excluding hydrogens is 324 g/mol. The molecule has 0 spiro atoms. The SMILES string of the molecule is Cc1ccc2oc(=O)c3cc(C(=O)Nc4ccccn4)sc3c2c1. The number of hydrogen-bond donors (Lipinski definition) is 1. The molecule has 0 bridgehead atoms. The first-order valence-electron chi connectivity index (χ1n) is 7.31. The molecule has 4 rings (SSSR count). The van der Waals surface area contributed by atoms with Gasteiger partial charge in [0.2, 0.25) is 0 Å². The van der Waals surface area contributed by atoms with E-state index in [1.54, 1.807) is 36.5 Å². The second-order valence-electron chi connectivity index (χ2n) is 5.41. The standard InChI is InChI=1S/C18H12N2O3S/c1-10-5-6-13-11(8-10)16-12(18(22)23-13)9-14(24-16)17(21)20-15-4-2-3-7-19-15/h2-9H,1H3,(H,19,20,21). The number of aromatic nitrogens is 1. The van der Waals surface area contributed by atoms with E-state index in [0.29, 0.717) is 21.7 Å². The number of pyridine rings is 1. The molecular formula is C18H12N2O3S. The van der Waals surface area contributed by atoms with E-state index < -0.39 is 5.63 Å². The summed E-state index contributed by atoms with van der Waals surface area (Å²) in [4.78, 5) is 29.1. The number of hydrogen-bond acceptors (Lipinski definition) is 5. The zero-order valence-corrected chi connectivity index (χ0v) is 13.5. The van der Waals surface area contributed by atoms with Crippen molar-refractivity contribution in [1.29, 1.82) is 0 Å². The number of rotatable bonds is 2. The van der Waals surface area contributed by atoms with Crippen molar-refractivity contribution >= 4 is 44.1 Å². The van der Waals surface area contributed by atoms with Gasteiger partial charge >= 0.3 is 5.63 Å². The van der Waals surface area contributed by atoms with Crippen LogP contribution in [0.5, 0.6) is 0 Å². The molecule has 1 aromatic carbocycles. The molecule has 0 fully saturated rings. The van der Waals surface area contributed by atoms with E-state index in [1.165, 1.54) is 11.3 Å². The lowest BCUT2D eigenvalue weighted by Crippen LogP contribution is -2.11. The number of nitrogens with zero attached hydrogens (tertiary/aromatic N) is 1. The van der Waals surface area contributed by atoms with Gasteiger partial charge in [0.15, 0.2) is 0 Å². The van der Waals surface area contributed by atoms with Crippen LogP contribution in [0.4, 0.5) is 5.82 Å². The van der Waals surface area contributed by atoms with Crippen LogP contribution in [0.2, 0.25) is 0 Å². The predicted octanol–water partition coefficient (Wildman–Crippen LogP) is 3.96. The monoisotopic (exact) mass is 336 g/mol. The first kappa shape index (κ1) is 14.6. The molecule has 0 unspecified atom stereocenters. The lowest BCUT2D eigenvalue weighted by Gasteiger charge is -2.00. The molecule has 5 nitrogen and oxygen atoms in total. The average molecular weight is 336 g/mol. The van der Waals surface area contributed by atoms with E-state index in [9.17, 15) is 9.59 Å². The highest BCUT2D eigenvalue weighted by Gasteiger charge is 2.16. The summed E-state index contributed by atoms with van der Waals surface area (Å²) >= 11 is 1.28. The highest BCUT2D eigenvalue weighted by Crippen LogP contribution is 2.31. The van der Waals surface area contributed by atoms with Crippen LogP contribution in [0, 0.1) is 6.92 Å². The minimum absolute atomic E-state index is 0.296. The maximum absolute atomic E-state index is 12.4. The second-order valence-corrected chi connectivity index (χ2v) is 6.46. The molecule has 0 atom stereocenters. The first-order chi connectivity index (χ1) is 11.6. The van der Waals surface area contributed by atoms with E-state index in [4.69, 9.17) is 4.42 Å². The minimum atomic E-state index is -0.436. The van der Waals surface area contributed by atoms with Gasteiger partial charge in [-0.3, -0.25) is 4.79 Å². The lowest BCUT2D eigenvalue weighted by atomic mass is 10.1. The molecule has 3 aromatic heterocycles. The van der Waals surface area contributed by atoms with E-state index >= 15 is 0 Å². The molecule has 0 radical (unpaired) electrons. The van der Waals surface area contributed by atoms with E-state index in [0.717, 1.165) is 15.6 Å². The fraction of sp³-hybridized carbons (Fsp3) is 0.0556. The maximum Gasteiger partial charge on any atom is 0.345 e. The van der Waals surface area contributed by atoms with Crippen molar-refractivity contribution in [2.75, 3.05) is 5.32 Å². The molecule has 1 amide bonds. The van der Waals surface area contributed by atoms with Gasteiger partial charge in [-0.05, 0) is 37.3 Å². The second kappa shape index (κ2) is 5.58. The molecule has 0 aliphatic rings. The summed E-state index contributed by atoms with van der Waals surface area (Å²) in [5.74, 6) is 0.169. The van der Waals surface area contributed by atoms with Crippen LogP contribution in [0.25, 0.3) is 21.1 Å². The lowest BCUT2D eigenvalue weighted by molar-refractivity contribution is 0.103. The van der Waals surface area contributed by atoms with Crippen LogP contribution < -0.4 is 10.9 Å². The van der Waals surface area contributed by atoms with Gasteiger partial charge in [-0.2, -0.15) is 0 Å². The number of aryl methyl sites for hydroxylation is 1. The van der Waals surface area contributed by atoms with E-state index in [-0.39, 0.29) is 5.91 Å². The van der Waals surface area contributed by atoms with Crippen LogP contribution in [0.3, 0.4) is 0 Å². The summed E-state index contributed by atoms with van der Waals surface area (Å²) in [5, 5.41) is 3.99. The van der Waals surface area contributed by atoms with Gasteiger partial charge in [-0.1, -0.05) is 17.7 Å². The molecule has 24 heavy (non-hydrogen) atoms. The van der Waals surface area contributed by atoms with E-state index in [2.05, 4.69) is 10.3 Å². The summed E-state index contributed by atoms with van der Waals surface area (Å²) in [5.41, 5.74) is 1.15. The zero-order valence-electron chi connectivity index (χ0n) is 12.7. The number of carbonyl (C=O) groups excluding carboxylic acids is 1. The number of fused-ring (bicyclic) bond motifs is 3. The molecule has 0 saturated heterocycles. The Hall–Kier alpha value is -2.99. The molecule has 3 heterocycles. The van der Waals surface area contributed by atoms with Crippen molar-refractivity contribution in [2.24, 2.45) is 0 Å². The first-order valence-corrected chi connectivity index (χ1v) is 8.13. The summed E-state index contributed by atoms with van der Waals surface area (Å²) in [6.07, 6.45) is 1.60. The van der Waals surface area contributed by atoms with Crippen LogP contribution in [0.1, 0.15) is 15.2 Å². The van der Waals surface area contributed by atoms with Crippen LogP contribution in [0.15, 0.2) is 57.9 Å². The number of benzene rings is 1. The Morgan fingerprint density at radius 3 is 2.83 bits per heavy atom. The van der Waals surface area contributed by atoms with Crippen molar-refractivity contribution < 1.29 is 9.21 Å². The highest BCUT2D eigenvalue weighted by molar-refractivity contribution is 7.21. The summed E-state index contributed by atoms with van der Waals surface area (Å²) in [6, 6.07) is 12.5. The van der Waals surface area contributed by atoms with Gasteiger partial charge in [0, 0.05) is 11.6 Å². The van der Waals surface area contributed by atoms with Crippen LogP contribution >= 0.6 is 11.3 Å². The number of nitrogens with one attached hydrogen (secondary N) is 1. The number of amides is 1. The van der Waals surface area contributed by atoms with Crippen molar-refractivity contribution in [3.63, 3.8) is 0 Å². The van der Waals surface area contributed by atoms with Gasteiger partial charge < -0.3 is 9.73 Å². The van der Waals surface area contributed by atoms with Gasteiger partial charge in [-0.15, -0.1) is 11.3 Å². The normalized spacial score (nSPS) is 11.0. The third-order valence-electron chi connectivity index (χ3n) is 3.66. The number of thiophene rings is 1. The summed E-state index contributed by atoms with van der Waals surface area (Å²) in [7, 11) is 0.